The van der Waals surface area contributed by atoms with E-state index in [0.29, 0.717) is 24.0 Å². The molecule has 8 atom stereocenters. The van der Waals surface area contributed by atoms with Gasteiger partial charge in [-0.05, 0) is 68.1 Å². The number of rotatable bonds is 14. The van der Waals surface area contributed by atoms with Gasteiger partial charge in [-0.3, -0.25) is 48.1 Å². The van der Waals surface area contributed by atoms with Crippen LogP contribution < -0.4 is 49.1 Å². The number of aliphatic hydroxyl groups is 1. The van der Waals surface area contributed by atoms with Crippen LogP contribution in [0.3, 0.4) is 0 Å². The fourth-order valence-corrected chi connectivity index (χ4v) is 9.32. The van der Waals surface area contributed by atoms with Gasteiger partial charge in [0.15, 0.2) is 5.96 Å². The Balaban J connectivity index is 1.40. The van der Waals surface area contributed by atoms with Crippen molar-refractivity contribution >= 4 is 59.1 Å². The van der Waals surface area contributed by atoms with Crippen LogP contribution in [0.4, 0.5) is 0 Å². The van der Waals surface area contributed by atoms with Crippen molar-refractivity contribution in [1.29, 1.82) is 0 Å². The van der Waals surface area contributed by atoms with E-state index in [1.165, 1.54) is 9.80 Å². The first-order valence-electron chi connectivity index (χ1n) is 24.6. The number of amides is 9. The summed E-state index contributed by atoms with van der Waals surface area (Å²) in [5.41, 5.74) is 18.8. The number of nitrogens with one attached hydrogen (secondary N) is 6. The van der Waals surface area contributed by atoms with Crippen molar-refractivity contribution in [3.05, 3.63) is 108 Å². The molecule has 22 nitrogen and oxygen atoms in total. The topological polar surface area (TPSA) is 343 Å². The molecule has 3 aromatic rings. The van der Waals surface area contributed by atoms with Crippen LogP contribution >= 0.6 is 0 Å². The van der Waals surface area contributed by atoms with Crippen molar-refractivity contribution in [3.8, 4) is 0 Å². The zero-order valence-corrected chi connectivity index (χ0v) is 40.6. The zero-order chi connectivity index (χ0) is 52.4. The van der Waals surface area contributed by atoms with E-state index < -0.39 is 115 Å². The van der Waals surface area contributed by atoms with Crippen LogP contribution in [0.15, 0.2) is 96.0 Å². The number of carbonyl (C=O) groups excluding carboxylic acids is 9. The van der Waals surface area contributed by atoms with E-state index in [9.17, 15) is 48.3 Å². The quantitative estimate of drug-likeness (QED) is 0.0473. The Hall–Kier alpha value is -7.88. The Bertz CT molecular complexity index is 2460. The van der Waals surface area contributed by atoms with Gasteiger partial charge in [-0.15, -0.1) is 0 Å². The van der Waals surface area contributed by atoms with Crippen LogP contribution in [0.5, 0.6) is 0 Å². The largest absolute Gasteiger partial charge is 0.394 e. The fraction of sp³-hybridized carbons (Fsp3) is 0.451. The molecule has 0 saturated carbocycles. The molecule has 0 unspecified atom stereocenters. The minimum Gasteiger partial charge on any atom is -0.394 e. The first-order chi connectivity index (χ1) is 35.1. The molecular weight excluding hydrogens is 941 g/mol. The molecule has 73 heavy (non-hydrogen) atoms. The highest BCUT2D eigenvalue weighted by Crippen LogP contribution is 2.26. The lowest BCUT2D eigenvalue weighted by Gasteiger charge is -2.34. The van der Waals surface area contributed by atoms with Crippen LogP contribution in [-0.2, 0) is 62.4 Å². The molecule has 0 bridgehead atoms. The van der Waals surface area contributed by atoms with Gasteiger partial charge in [0.2, 0.25) is 53.2 Å². The van der Waals surface area contributed by atoms with E-state index >= 15 is 0 Å². The van der Waals surface area contributed by atoms with Gasteiger partial charge in [0, 0.05) is 32.5 Å². The van der Waals surface area contributed by atoms with E-state index in [1.807, 2.05) is 12.1 Å². The Kier molecular flexibility index (Phi) is 19.8. The number of nitrogens with zero attached hydrogens (tertiary/aromatic N) is 3. The summed E-state index contributed by atoms with van der Waals surface area (Å²) in [5.74, 6) is -7.56. The molecule has 22 heteroatoms. The van der Waals surface area contributed by atoms with Crippen LogP contribution in [0.1, 0.15) is 68.1 Å². The molecule has 3 fully saturated rings. The monoisotopic (exact) mass is 1010 g/mol. The lowest BCUT2D eigenvalue weighted by atomic mass is 10.0. The molecule has 13 N–H and O–H groups in total. The first kappa shape index (κ1) is 54.5. The van der Waals surface area contributed by atoms with Gasteiger partial charge < -0.3 is 64.0 Å². The highest BCUT2D eigenvalue weighted by Gasteiger charge is 2.45. The number of aryl methyl sites for hydroxylation is 1. The number of hydrogen-bond donors (Lipinski definition) is 10. The molecule has 0 aromatic heterocycles. The smallest absolute Gasteiger partial charge is 0.246 e. The molecular formula is C51H66N12O10. The van der Waals surface area contributed by atoms with Crippen LogP contribution in [0.25, 0.3) is 0 Å². The number of aliphatic imine (C=N–C) groups is 1. The summed E-state index contributed by atoms with van der Waals surface area (Å²) < 4.78 is 0. The molecule has 390 valence electrons. The molecule has 0 radical (unpaired) electrons. The maximum atomic E-state index is 14.7. The number of fused-ring (bicyclic) bond motifs is 2. The average molecular weight is 1010 g/mol. The third-order valence-corrected chi connectivity index (χ3v) is 13.1. The summed E-state index contributed by atoms with van der Waals surface area (Å²) in [5, 5.41) is 26.4. The van der Waals surface area contributed by atoms with Crippen molar-refractivity contribution in [2.24, 2.45) is 22.2 Å². The van der Waals surface area contributed by atoms with Gasteiger partial charge in [-0.2, -0.15) is 0 Å². The molecule has 3 aliphatic rings. The van der Waals surface area contributed by atoms with E-state index in [-0.39, 0.29) is 77.0 Å². The predicted octanol–water partition coefficient (Wildman–Crippen LogP) is -2.07. The summed E-state index contributed by atoms with van der Waals surface area (Å²) >= 11 is 0. The molecule has 3 saturated heterocycles. The molecule has 3 aliphatic heterocycles. The van der Waals surface area contributed by atoms with Crippen LogP contribution in [0.2, 0.25) is 0 Å². The van der Waals surface area contributed by atoms with Gasteiger partial charge in [0.25, 0.3) is 0 Å². The highest BCUT2D eigenvalue weighted by atomic mass is 16.3. The number of nitrogens with two attached hydrogens (primary N) is 3. The number of hydrogen-bond acceptors (Lipinski definition) is 11. The lowest BCUT2D eigenvalue weighted by Crippen LogP contribution is -2.62. The van der Waals surface area contributed by atoms with Gasteiger partial charge >= 0.3 is 0 Å². The average Bonchev–Trinajstić information content (AvgIpc) is 4.09. The van der Waals surface area contributed by atoms with Crippen molar-refractivity contribution in [3.63, 3.8) is 0 Å². The summed E-state index contributed by atoms with van der Waals surface area (Å²) in [6.45, 7) is -0.577. The van der Waals surface area contributed by atoms with Crippen LogP contribution in [0, 0.1) is 0 Å². The third-order valence-electron chi connectivity index (χ3n) is 13.1. The Morgan fingerprint density at radius 3 is 1.53 bits per heavy atom. The summed E-state index contributed by atoms with van der Waals surface area (Å²) in [6, 6.07) is 15.6. The van der Waals surface area contributed by atoms with Crippen molar-refractivity contribution in [2.75, 3.05) is 26.2 Å². The number of aliphatic hydroxyl groups excluding tert-OH is 1. The molecule has 6 rings (SSSR count). The second-order valence-electron chi connectivity index (χ2n) is 18.5. The van der Waals surface area contributed by atoms with Crippen molar-refractivity contribution < 1.29 is 48.3 Å². The number of guanidine groups is 1. The normalized spacial score (nSPS) is 24.9. The Morgan fingerprint density at radius 1 is 0.521 bits per heavy atom. The third kappa shape index (κ3) is 15.6. The molecule has 0 aliphatic carbocycles. The van der Waals surface area contributed by atoms with Gasteiger partial charge in [0.05, 0.1) is 13.0 Å². The zero-order valence-electron chi connectivity index (χ0n) is 40.6. The summed E-state index contributed by atoms with van der Waals surface area (Å²) in [4.78, 5) is 134. The molecule has 9 amide bonds. The second-order valence-corrected chi connectivity index (χ2v) is 18.5. The van der Waals surface area contributed by atoms with Crippen molar-refractivity contribution in [1.82, 2.24) is 41.7 Å². The van der Waals surface area contributed by atoms with Gasteiger partial charge in [-0.1, -0.05) is 91.0 Å². The van der Waals surface area contributed by atoms with E-state index in [0.717, 1.165) is 5.56 Å². The Morgan fingerprint density at radius 2 is 0.959 bits per heavy atom. The fourth-order valence-electron chi connectivity index (χ4n) is 9.32. The first-order valence-corrected chi connectivity index (χ1v) is 24.6. The molecule has 0 spiro atoms. The maximum Gasteiger partial charge on any atom is 0.246 e. The molecule has 3 aromatic carbocycles. The van der Waals surface area contributed by atoms with Crippen molar-refractivity contribution in [2.45, 2.75) is 119 Å². The highest BCUT2D eigenvalue weighted by molar-refractivity contribution is 6.00. The van der Waals surface area contributed by atoms with E-state index in [4.69, 9.17) is 17.2 Å². The summed E-state index contributed by atoms with van der Waals surface area (Å²) in [7, 11) is 0. The number of benzene rings is 3. The number of carbonyl (C=O) groups is 9. The lowest BCUT2D eigenvalue weighted by molar-refractivity contribution is -0.148. The minimum atomic E-state index is -1.73. The molecule has 3 heterocycles. The van der Waals surface area contributed by atoms with E-state index in [2.05, 4.69) is 36.9 Å². The Labute approximate surface area is 423 Å². The predicted molar refractivity (Wildman–Crippen MR) is 267 cm³/mol. The van der Waals surface area contributed by atoms with Crippen LogP contribution in [-0.4, -0.2) is 149 Å². The van der Waals surface area contributed by atoms with Gasteiger partial charge in [-0.25, -0.2) is 0 Å². The minimum absolute atomic E-state index is 0.00329. The van der Waals surface area contributed by atoms with E-state index in [1.54, 1.807) is 78.9 Å². The van der Waals surface area contributed by atoms with Gasteiger partial charge in [0.1, 0.15) is 48.3 Å². The SMILES string of the molecule is NC(=O)C[C@@H]1NC(=O)[C@H](CCc2ccccc2)NC(=O)[C@H](Cc2ccccc2)NC(=O)[C@H](CCCN=C(N)N)NC(=O)[C@@H]2CCCN2C(=O)[C@H]2CCCN2C(=O)[C@H](Cc2ccccc2)NC(=O)[C@H](CO)NC1=O. The number of primary amides is 1. The maximum absolute atomic E-state index is 14.7. The summed E-state index contributed by atoms with van der Waals surface area (Å²) in [6.07, 6.45) is 0.840. The standard InChI is InChI=1S/C51H66N12O10/c52-42(65)29-37-46(69)61-39(30-64)47(70)60-38(28-33-17-8-3-9-18-33)49(72)63-26-12-21-41(63)50(73)62-25-11-20-40(62)48(71)57-34(19-10-24-55-51(53)54)43(66)58-36(27-32-15-6-2-7-16-32)45(68)56-35(44(67)59-37)23-22-31-13-4-1-5-14-31/h1-9,13-18,34-41,64H,10-12,19-30H2,(H2,52,65)(H,56,68)(H,57,71)(H,58,66)(H,59,67)(H,60,70)(H,61,69)(H4,53,54,55)/t34-,35-,36-,37-,38-,39-,40-,41+/m0/s1. The second kappa shape index (κ2) is 26.5.